The van der Waals surface area contributed by atoms with Crippen LogP contribution >= 0.6 is 0 Å². The van der Waals surface area contributed by atoms with Crippen LogP contribution in [-0.2, 0) is 0 Å². The summed E-state index contributed by atoms with van der Waals surface area (Å²) in [7, 11) is 0. The first kappa shape index (κ1) is 10.4. The van der Waals surface area contributed by atoms with E-state index in [1.165, 1.54) is 12.1 Å². The van der Waals surface area contributed by atoms with E-state index in [0.717, 1.165) is 25.3 Å². The van der Waals surface area contributed by atoms with Gasteiger partial charge in [-0.2, -0.15) is 0 Å². The predicted octanol–water partition coefficient (Wildman–Crippen LogP) is 2.26. The van der Waals surface area contributed by atoms with Crippen LogP contribution in [0.15, 0.2) is 18.2 Å². The fraction of sp³-hybridized carbons (Fsp3) is 0.455. The second-order valence-electron chi connectivity index (χ2n) is 4.00. The third-order valence-corrected chi connectivity index (χ3v) is 2.78. The molecule has 1 fully saturated rings. The van der Waals surface area contributed by atoms with Crippen molar-refractivity contribution in [2.45, 2.75) is 31.3 Å². The molecule has 0 saturated heterocycles. The Morgan fingerprint density at radius 2 is 1.80 bits per heavy atom. The summed E-state index contributed by atoms with van der Waals surface area (Å²) in [5.41, 5.74) is 6.32. The summed E-state index contributed by atoms with van der Waals surface area (Å²) in [6.07, 6.45) is 2.99. The molecule has 0 aliphatic heterocycles. The zero-order chi connectivity index (χ0) is 10.8. The zero-order valence-electron chi connectivity index (χ0n) is 8.34. The summed E-state index contributed by atoms with van der Waals surface area (Å²) in [6, 6.07) is 3.64. The van der Waals surface area contributed by atoms with Gasteiger partial charge in [0.25, 0.3) is 0 Å². The molecule has 0 aromatic heterocycles. The van der Waals surface area contributed by atoms with Crippen molar-refractivity contribution >= 4 is 5.69 Å². The van der Waals surface area contributed by atoms with Crippen LogP contribution in [0.1, 0.15) is 19.3 Å². The van der Waals surface area contributed by atoms with Gasteiger partial charge in [0, 0.05) is 23.8 Å². The standard InChI is InChI=1S/C11H14F2N2/c12-7-4-8(13)6-9(5-7)15-11-3-1-2-10(11)14/h4-6,10-11,15H,1-3,14H2. The predicted molar refractivity (Wildman–Crippen MR) is 55.6 cm³/mol. The Labute approximate surface area is 87.5 Å². The molecule has 0 amide bonds. The van der Waals surface area contributed by atoms with Crippen molar-refractivity contribution in [2.24, 2.45) is 5.73 Å². The van der Waals surface area contributed by atoms with Gasteiger partial charge in [-0.15, -0.1) is 0 Å². The van der Waals surface area contributed by atoms with Gasteiger partial charge in [-0.1, -0.05) is 0 Å². The topological polar surface area (TPSA) is 38.0 Å². The third kappa shape index (κ3) is 2.45. The van der Waals surface area contributed by atoms with Gasteiger partial charge in [0.1, 0.15) is 11.6 Å². The first-order valence-corrected chi connectivity index (χ1v) is 5.13. The lowest BCUT2D eigenvalue weighted by Crippen LogP contribution is -2.35. The molecule has 1 aromatic rings. The minimum atomic E-state index is -0.566. The first-order valence-electron chi connectivity index (χ1n) is 5.13. The average Bonchev–Trinajstić information content (AvgIpc) is 2.50. The molecule has 1 aliphatic rings. The van der Waals surface area contributed by atoms with Crippen molar-refractivity contribution < 1.29 is 8.78 Å². The third-order valence-electron chi connectivity index (χ3n) is 2.78. The molecule has 0 bridgehead atoms. The summed E-state index contributed by atoms with van der Waals surface area (Å²) >= 11 is 0. The summed E-state index contributed by atoms with van der Waals surface area (Å²) in [4.78, 5) is 0. The highest BCUT2D eigenvalue weighted by molar-refractivity contribution is 5.45. The molecular weight excluding hydrogens is 198 g/mol. The molecule has 4 heteroatoms. The van der Waals surface area contributed by atoms with E-state index in [2.05, 4.69) is 5.32 Å². The lowest BCUT2D eigenvalue weighted by Gasteiger charge is -2.18. The highest BCUT2D eigenvalue weighted by Gasteiger charge is 2.23. The Hall–Kier alpha value is -1.16. The van der Waals surface area contributed by atoms with Crippen LogP contribution in [0, 0.1) is 11.6 Å². The minimum Gasteiger partial charge on any atom is -0.381 e. The summed E-state index contributed by atoms with van der Waals surface area (Å²) in [5.74, 6) is -1.13. The second-order valence-corrected chi connectivity index (χ2v) is 4.00. The first-order chi connectivity index (χ1) is 7.15. The number of hydrogen-bond donors (Lipinski definition) is 2. The highest BCUT2D eigenvalue weighted by Crippen LogP contribution is 2.22. The molecular formula is C11H14F2N2. The molecule has 15 heavy (non-hydrogen) atoms. The largest absolute Gasteiger partial charge is 0.381 e. The Kier molecular flexibility index (Phi) is 2.86. The van der Waals surface area contributed by atoms with Gasteiger partial charge in [-0.25, -0.2) is 8.78 Å². The van der Waals surface area contributed by atoms with Crippen molar-refractivity contribution in [1.82, 2.24) is 0 Å². The van der Waals surface area contributed by atoms with Gasteiger partial charge < -0.3 is 11.1 Å². The Morgan fingerprint density at radius 1 is 1.13 bits per heavy atom. The van der Waals surface area contributed by atoms with E-state index in [0.29, 0.717) is 5.69 Å². The van der Waals surface area contributed by atoms with E-state index in [1.54, 1.807) is 0 Å². The SMILES string of the molecule is NC1CCCC1Nc1cc(F)cc(F)c1. The van der Waals surface area contributed by atoms with E-state index in [1.807, 2.05) is 0 Å². The average molecular weight is 212 g/mol. The van der Waals surface area contributed by atoms with Crippen LogP contribution in [0.5, 0.6) is 0 Å². The molecule has 0 heterocycles. The maximum absolute atomic E-state index is 12.9. The number of nitrogens with one attached hydrogen (secondary N) is 1. The number of nitrogens with two attached hydrogens (primary N) is 1. The zero-order valence-corrected chi connectivity index (χ0v) is 8.34. The number of anilines is 1. The molecule has 0 spiro atoms. The smallest absolute Gasteiger partial charge is 0.128 e. The summed E-state index contributed by atoms with van der Waals surface area (Å²) in [6.45, 7) is 0. The van der Waals surface area contributed by atoms with E-state index in [-0.39, 0.29) is 12.1 Å². The van der Waals surface area contributed by atoms with Crippen LogP contribution < -0.4 is 11.1 Å². The van der Waals surface area contributed by atoms with Crippen molar-refractivity contribution in [3.8, 4) is 0 Å². The molecule has 1 saturated carbocycles. The van der Waals surface area contributed by atoms with Gasteiger partial charge in [-0.3, -0.25) is 0 Å². The molecule has 1 aromatic carbocycles. The second kappa shape index (κ2) is 4.14. The molecule has 2 rings (SSSR count). The van der Waals surface area contributed by atoms with Gasteiger partial charge in [0.05, 0.1) is 0 Å². The van der Waals surface area contributed by atoms with Crippen LogP contribution in [0.3, 0.4) is 0 Å². The number of rotatable bonds is 2. The van der Waals surface area contributed by atoms with Gasteiger partial charge in [-0.05, 0) is 31.4 Å². The molecule has 3 N–H and O–H groups in total. The monoisotopic (exact) mass is 212 g/mol. The van der Waals surface area contributed by atoms with E-state index in [9.17, 15) is 8.78 Å². The Bertz CT molecular complexity index is 334. The fourth-order valence-corrected chi connectivity index (χ4v) is 2.02. The number of benzene rings is 1. The minimum absolute atomic E-state index is 0.0799. The Balaban J connectivity index is 2.10. The summed E-state index contributed by atoms with van der Waals surface area (Å²) < 4.78 is 25.8. The normalized spacial score (nSPS) is 25.5. The van der Waals surface area contributed by atoms with Crippen LogP contribution in [0.2, 0.25) is 0 Å². The van der Waals surface area contributed by atoms with Crippen molar-refractivity contribution in [2.75, 3.05) is 5.32 Å². The van der Waals surface area contributed by atoms with Gasteiger partial charge >= 0.3 is 0 Å². The Morgan fingerprint density at radius 3 is 2.33 bits per heavy atom. The van der Waals surface area contributed by atoms with Gasteiger partial charge in [0.15, 0.2) is 0 Å². The van der Waals surface area contributed by atoms with Gasteiger partial charge in [0.2, 0.25) is 0 Å². The van der Waals surface area contributed by atoms with Crippen molar-refractivity contribution in [3.05, 3.63) is 29.8 Å². The lowest BCUT2D eigenvalue weighted by atomic mass is 10.1. The van der Waals surface area contributed by atoms with Crippen LogP contribution in [-0.4, -0.2) is 12.1 Å². The van der Waals surface area contributed by atoms with Crippen molar-refractivity contribution in [3.63, 3.8) is 0 Å². The molecule has 0 radical (unpaired) electrons. The van der Waals surface area contributed by atoms with E-state index < -0.39 is 11.6 Å². The molecule has 2 atom stereocenters. The van der Waals surface area contributed by atoms with E-state index >= 15 is 0 Å². The quantitative estimate of drug-likeness (QED) is 0.789. The lowest BCUT2D eigenvalue weighted by molar-refractivity contribution is 0.581. The molecule has 1 aliphatic carbocycles. The summed E-state index contributed by atoms with van der Waals surface area (Å²) in [5, 5.41) is 3.07. The fourth-order valence-electron chi connectivity index (χ4n) is 2.02. The van der Waals surface area contributed by atoms with Crippen molar-refractivity contribution in [1.29, 1.82) is 0 Å². The van der Waals surface area contributed by atoms with Crippen LogP contribution in [0.4, 0.5) is 14.5 Å². The maximum Gasteiger partial charge on any atom is 0.128 e. The highest BCUT2D eigenvalue weighted by atomic mass is 19.1. The maximum atomic E-state index is 12.9. The number of hydrogen-bond acceptors (Lipinski definition) is 2. The number of halogens is 2. The molecule has 2 unspecified atom stereocenters. The van der Waals surface area contributed by atoms with E-state index in [4.69, 9.17) is 5.73 Å². The molecule has 2 nitrogen and oxygen atoms in total. The molecule has 82 valence electrons. The van der Waals surface area contributed by atoms with Crippen LogP contribution in [0.25, 0.3) is 0 Å².